The third-order valence-corrected chi connectivity index (χ3v) is 7.23. The monoisotopic (exact) mass is 508 g/mol. The largest absolute Gasteiger partial charge is 4.00 e. The summed E-state index contributed by atoms with van der Waals surface area (Å²) in [6.07, 6.45) is 6.82. The Kier molecular flexibility index (Phi) is 20.7. The van der Waals surface area contributed by atoms with Gasteiger partial charge in [0.15, 0.2) is 0 Å². The molecule has 1 aliphatic carbocycles. The number of rotatable bonds is 5. The van der Waals surface area contributed by atoms with E-state index in [4.69, 9.17) is 0 Å². The molecule has 2 unspecified atom stereocenters. The maximum atomic E-state index is 4.38. The average Bonchev–Trinajstić information content (AvgIpc) is 2.60. The second kappa shape index (κ2) is 14.6. The number of unbranched alkanes of at least 4 members (excludes halogenated alkanes) is 1. The van der Waals surface area contributed by atoms with Crippen molar-refractivity contribution >= 4 is 16.1 Å². The van der Waals surface area contributed by atoms with Crippen LogP contribution in [0.3, 0.4) is 0 Å². The summed E-state index contributed by atoms with van der Waals surface area (Å²) in [7, 11) is -1.86. The van der Waals surface area contributed by atoms with Crippen molar-refractivity contribution in [2.45, 2.75) is 83.9 Å². The molecular weight excluding hydrogens is 463 g/mol. The van der Waals surface area contributed by atoms with Gasteiger partial charge in [-0.1, -0.05) is 79.1 Å². The van der Waals surface area contributed by atoms with E-state index in [9.17, 15) is 0 Å². The van der Waals surface area contributed by atoms with Gasteiger partial charge in [-0.2, -0.15) is 6.42 Å². The van der Waals surface area contributed by atoms with Crippen LogP contribution in [-0.4, -0.2) is 16.1 Å². The molecule has 0 aromatic carbocycles. The first kappa shape index (κ1) is 31.1. The first-order valence-corrected chi connectivity index (χ1v) is 15.3. The molecule has 1 rings (SSSR count). The Balaban J connectivity index is -0.000000208. The maximum Gasteiger partial charge on any atom is 4.00 e. The maximum absolute atomic E-state index is 4.38. The zero-order chi connectivity index (χ0) is 15.1. The first-order chi connectivity index (χ1) is 8.57. The molecule has 0 heterocycles. The van der Waals surface area contributed by atoms with Crippen LogP contribution in [0.4, 0.5) is 0 Å². The van der Waals surface area contributed by atoms with Gasteiger partial charge in [-0.15, -0.1) is 0 Å². The van der Waals surface area contributed by atoms with Crippen molar-refractivity contribution in [3.63, 3.8) is 0 Å². The van der Waals surface area contributed by atoms with Crippen LogP contribution in [0.2, 0.25) is 44.8 Å². The minimum atomic E-state index is -1.05. The molecule has 0 saturated heterocycles. The average molecular weight is 507 g/mol. The molecule has 0 radical (unpaired) electrons. The van der Waals surface area contributed by atoms with E-state index >= 15 is 0 Å². The fourth-order valence-corrected chi connectivity index (χ4v) is 7.23. The minimum absolute atomic E-state index is 0. The van der Waals surface area contributed by atoms with Gasteiger partial charge in [0.25, 0.3) is 0 Å². The molecule has 22 heavy (non-hydrogen) atoms. The van der Waals surface area contributed by atoms with Crippen LogP contribution in [-0.2, 0) is 25.8 Å². The van der Waals surface area contributed by atoms with Gasteiger partial charge in [0.2, 0.25) is 0 Å². The normalized spacial score (nSPS) is 20.7. The van der Waals surface area contributed by atoms with Crippen LogP contribution in [0, 0.1) is 40.2 Å². The van der Waals surface area contributed by atoms with Gasteiger partial charge in [-0.3, -0.25) is 0 Å². The van der Waals surface area contributed by atoms with Gasteiger partial charge >= 0.3 is 25.8 Å². The molecule has 0 N–H and O–H groups in total. The number of hydrogen-bond donors (Lipinski definition) is 0. The molecule has 0 amide bonds. The molecule has 0 nitrogen and oxygen atoms in total. The Bertz CT molecular complexity index is 205. The first-order valence-electron chi connectivity index (χ1n) is 8.22. The molecular formula is C19H44HfSi2. The quantitative estimate of drug-likeness (QED) is 0.270. The minimum Gasteiger partial charge on any atom is -0.358 e. The molecule has 0 aromatic heterocycles. The van der Waals surface area contributed by atoms with Crippen molar-refractivity contribution < 1.29 is 25.8 Å². The van der Waals surface area contributed by atoms with Crippen LogP contribution in [0.15, 0.2) is 0 Å². The van der Waals surface area contributed by atoms with E-state index in [-0.39, 0.29) is 40.7 Å². The Hall–Kier alpha value is 1.30. The summed E-state index contributed by atoms with van der Waals surface area (Å²) < 4.78 is 0. The third-order valence-electron chi connectivity index (χ3n) is 3.75. The van der Waals surface area contributed by atoms with Crippen molar-refractivity contribution in [1.82, 2.24) is 0 Å². The van der Waals surface area contributed by atoms with Crippen LogP contribution in [0.25, 0.3) is 0 Å². The molecule has 1 saturated carbocycles. The van der Waals surface area contributed by atoms with Gasteiger partial charge in [0.05, 0.1) is 0 Å². The zero-order valence-electron chi connectivity index (χ0n) is 17.0. The van der Waals surface area contributed by atoms with Crippen LogP contribution in [0.5, 0.6) is 0 Å². The van der Waals surface area contributed by atoms with Gasteiger partial charge in [0.1, 0.15) is 0 Å². The summed E-state index contributed by atoms with van der Waals surface area (Å²) in [4.78, 5) is 0. The summed E-state index contributed by atoms with van der Waals surface area (Å²) >= 11 is 0. The van der Waals surface area contributed by atoms with Crippen molar-refractivity contribution in [2.75, 3.05) is 0 Å². The number of hydrogen-bond acceptors (Lipinski definition) is 0. The Morgan fingerprint density at radius 3 is 1.55 bits per heavy atom. The second-order valence-corrected chi connectivity index (χ2v) is 18.8. The second-order valence-electron chi connectivity index (χ2n) is 8.53. The summed E-state index contributed by atoms with van der Waals surface area (Å²) in [5, 5.41) is 0. The van der Waals surface area contributed by atoms with Gasteiger partial charge < -0.3 is 28.3 Å². The summed E-state index contributed by atoms with van der Waals surface area (Å²) in [6, 6.07) is 3.03. The van der Waals surface area contributed by atoms with Crippen molar-refractivity contribution in [1.29, 1.82) is 0 Å². The summed E-state index contributed by atoms with van der Waals surface area (Å²) in [6.45, 7) is 22.5. The molecule has 132 valence electrons. The van der Waals surface area contributed by atoms with E-state index in [1.165, 1.54) is 31.7 Å². The van der Waals surface area contributed by atoms with Crippen molar-refractivity contribution in [3.8, 4) is 0 Å². The Morgan fingerprint density at radius 1 is 0.909 bits per heavy atom. The standard InChI is InChI=1S/C13H29Si2.C4H9.2CH3.Hf/c1-14(2,3)10-12-7-8-13(9-12)11-15(4,5)6;1-3-4-2;;;/h12-13H,1,7-11H2,2-6H3;1,3-4H2,2H3;2*1H3;/q4*-1;+4. The smallest absolute Gasteiger partial charge is 0.358 e. The van der Waals surface area contributed by atoms with E-state index in [1.54, 1.807) is 6.04 Å². The predicted molar refractivity (Wildman–Crippen MR) is 110 cm³/mol. The van der Waals surface area contributed by atoms with Crippen molar-refractivity contribution in [2.24, 2.45) is 11.8 Å². The van der Waals surface area contributed by atoms with Gasteiger partial charge in [0, 0.05) is 8.07 Å². The fraction of sp³-hybridized carbons (Fsp3) is 0.789. The SMILES string of the molecule is [CH2-]CCC.[CH2-][Si](C)(C)CC1CCC(C[Si](C)(C)C)C1.[CH3-].[CH3-].[Hf+4]. The molecule has 0 bridgehead atoms. The molecule has 0 spiro atoms. The third kappa shape index (κ3) is 19.4. The van der Waals surface area contributed by atoms with E-state index in [0.29, 0.717) is 0 Å². The Morgan fingerprint density at radius 2 is 1.27 bits per heavy atom. The zero-order valence-corrected chi connectivity index (χ0v) is 22.6. The van der Waals surface area contributed by atoms with E-state index in [1.807, 2.05) is 0 Å². The van der Waals surface area contributed by atoms with E-state index < -0.39 is 16.1 Å². The molecule has 1 fully saturated rings. The predicted octanol–water partition coefficient (Wildman–Crippen LogP) is 7.34. The van der Waals surface area contributed by atoms with Crippen LogP contribution < -0.4 is 0 Å². The Labute approximate surface area is 165 Å². The molecule has 2 atom stereocenters. The topological polar surface area (TPSA) is 0 Å². The van der Waals surface area contributed by atoms with E-state index in [0.717, 1.165) is 18.3 Å². The molecule has 3 heteroatoms. The van der Waals surface area contributed by atoms with Crippen LogP contribution in [0.1, 0.15) is 39.0 Å². The van der Waals surface area contributed by atoms with Crippen LogP contribution >= 0.6 is 0 Å². The van der Waals surface area contributed by atoms with Gasteiger partial charge in [-0.25, -0.2) is 0 Å². The fourth-order valence-electron chi connectivity index (χ4n) is 3.20. The molecule has 0 aliphatic heterocycles. The van der Waals surface area contributed by atoms with Crippen molar-refractivity contribution in [3.05, 3.63) is 28.3 Å². The molecule has 1 aliphatic rings. The molecule has 0 aromatic rings. The van der Waals surface area contributed by atoms with E-state index in [2.05, 4.69) is 53.1 Å². The summed E-state index contributed by atoms with van der Waals surface area (Å²) in [5.41, 5.74) is 0. The summed E-state index contributed by atoms with van der Waals surface area (Å²) in [5.74, 6) is 2.10. The van der Waals surface area contributed by atoms with Gasteiger partial charge in [-0.05, 0) is 18.3 Å².